The van der Waals surface area contributed by atoms with Gasteiger partial charge in [0.2, 0.25) is 0 Å². The molecule has 1 fully saturated rings. The van der Waals surface area contributed by atoms with Gasteiger partial charge in [0.15, 0.2) is 11.7 Å². The third kappa shape index (κ3) is 3.17. The topological polar surface area (TPSA) is 84.9 Å². The number of carbonyl (C=O) groups is 2. The minimum atomic E-state index is -1.64. The number of morpholine rings is 1. The molecule has 17 heavy (non-hydrogen) atoms. The third-order valence-electron chi connectivity index (χ3n) is 2.39. The first-order valence-corrected chi connectivity index (χ1v) is 5.50. The van der Waals surface area contributed by atoms with Crippen LogP contribution >= 0.6 is 0 Å². The van der Waals surface area contributed by atoms with Gasteiger partial charge in [-0.2, -0.15) is 0 Å². The molecule has 6 nitrogen and oxygen atoms in total. The zero-order valence-corrected chi connectivity index (χ0v) is 10.6. The van der Waals surface area contributed by atoms with Gasteiger partial charge in [-0.15, -0.1) is 0 Å². The van der Waals surface area contributed by atoms with Crippen molar-refractivity contribution in [3.63, 3.8) is 0 Å². The quantitative estimate of drug-likeness (QED) is 0.646. The van der Waals surface area contributed by atoms with Gasteiger partial charge in [-0.25, -0.2) is 4.79 Å². The minimum absolute atomic E-state index is 0.252. The molecule has 2 atom stereocenters. The smallest absolute Gasteiger partial charge is 0.339 e. The average Bonchev–Trinajstić information content (AvgIpc) is 2.19. The van der Waals surface area contributed by atoms with Crippen LogP contribution in [0.3, 0.4) is 0 Å². The summed E-state index contributed by atoms with van der Waals surface area (Å²) >= 11 is 0. The second-order valence-electron chi connectivity index (χ2n) is 5.15. The fraction of sp³-hybridized carbons (Fsp3) is 0.818. The fourth-order valence-corrected chi connectivity index (χ4v) is 1.45. The van der Waals surface area contributed by atoms with Gasteiger partial charge in [0, 0.05) is 6.54 Å². The van der Waals surface area contributed by atoms with Crippen molar-refractivity contribution in [2.75, 3.05) is 13.2 Å². The number of aliphatic hydroxyl groups excluding tert-OH is 1. The predicted octanol–water partition coefficient (Wildman–Crippen LogP) is -0.406. The third-order valence-corrected chi connectivity index (χ3v) is 2.39. The van der Waals surface area contributed by atoms with Crippen LogP contribution in [-0.2, 0) is 19.1 Å². The summed E-state index contributed by atoms with van der Waals surface area (Å²) in [5.41, 5.74) is -2.31. The molecule has 0 saturated carbocycles. The van der Waals surface area contributed by atoms with Crippen molar-refractivity contribution in [3.8, 4) is 0 Å². The lowest BCUT2D eigenvalue weighted by Gasteiger charge is -2.36. The van der Waals surface area contributed by atoms with Crippen molar-refractivity contribution < 1.29 is 24.2 Å². The van der Waals surface area contributed by atoms with Crippen LogP contribution in [-0.4, -0.2) is 47.4 Å². The zero-order chi connectivity index (χ0) is 13.3. The highest BCUT2D eigenvalue weighted by molar-refractivity contribution is 5.92. The maximum Gasteiger partial charge on any atom is 0.339 e. The van der Waals surface area contributed by atoms with Gasteiger partial charge in [-0.3, -0.25) is 4.79 Å². The molecular weight excluding hydrogens is 226 g/mol. The molecule has 1 heterocycles. The second kappa shape index (κ2) is 4.62. The number of carbonyl (C=O) groups excluding carboxylic acids is 2. The van der Waals surface area contributed by atoms with E-state index >= 15 is 0 Å². The van der Waals surface area contributed by atoms with E-state index in [2.05, 4.69) is 5.32 Å². The normalized spacial score (nSPS) is 27.2. The summed E-state index contributed by atoms with van der Waals surface area (Å²) in [7, 11) is 0. The van der Waals surface area contributed by atoms with Crippen molar-refractivity contribution in [2.45, 2.75) is 45.0 Å². The standard InChI is InChI=1S/C11H19NO5/c1-10(2,3)17-8(14)7(13)11(4)9(15)12-5-6-16-11/h7,13H,5-6H2,1-4H3,(H,12,15)/t7-,11+/m0/s1. The van der Waals surface area contributed by atoms with E-state index in [1.54, 1.807) is 20.8 Å². The molecule has 0 radical (unpaired) electrons. The summed E-state index contributed by atoms with van der Waals surface area (Å²) in [5.74, 6) is -1.38. The van der Waals surface area contributed by atoms with Crippen molar-refractivity contribution in [3.05, 3.63) is 0 Å². The first-order valence-electron chi connectivity index (χ1n) is 5.50. The summed E-state index contributed by atoms with van der Waals surface area (Å²) < 4.78 is 10.2. The molecular formula is C11H19NO5. The molecule has 1 saturated heterocycles. The van der Waals surface area contributed by atoms with Gasteiger partial charge in [0.1, 0.15) is 5.60 Å². The Labute approximate surface area is 100 Å². The summed E-state index contributed by atoms with van der Waals surface area (Å²) in [6.07, 6.45) is -1.64. The Bertz CT molecular complexity index is 322. The second-order valence-corrected chi connectivity index (χ2v) is 5.15. The Morgan fingerprint density at radius 3 is 2.65 bits per heavy atom. The first-order chi connectivity index (χ1) is 7.67. The summed E-state index contributed by atoms with van der Waals surface area (Å²) in [5, 5.41) is 12.4. The molecule has 0 aromatic rings. The maximum atomic E-state index is 11.7. The van der Waals surface area contributed by atoms with Crippen LogP contribution in [0.15, 0.2) is 0 Å². The van der Waals surface area contributed by atoms with Crippen LogP contribution in [0, 0.1) is 0 Å². The number of nitrogens with one attached hydrogen (secondary N) is 1. The van der Waals surface area contributed by atoms with Crippen LogP contribution in [0.5, 0.6) is 0 Å². The van der Waals surface area contributed by atoms with Gasteiger partial charge in [0.25, 0.3) is 5.91 Å². The zero-order valence-electron chi connectivity index (χ0n) is 10.6. The van der Waals surface area contributed by atoms with Gasteiger partial charge < -0.3 is 19.9 Å². The molecule has 0 spiro atoms. The number of rotatable bonds is 2. The molecule has 6 heteroatoms. The van der Waals surface area contributed by atoms with Crippen LogP contribution in [0.2, 0.25) is 0 Å². The molecule has 98 valence electrons. The first kappa shape index (κ1) is 13.9. The Kier molecular flexibility index (Phi) is 3.78. The maximum absolute atomic E-state index is 11.7. The van der Waals surface area contributed by atoms with E-state index in [9.17, 15) is 14.7 Å². The van der Waals surface area contributed by atoms with Crippen molar-refractivity contribution in [2.24, 2.45) is 0 Å². The molecule has 0 aliphatic carbocycles. The predicted molar refractivity (Wildman–Crippen MR) is 59.2 cm³/mol. The fourth-order valence-electron chi connectivity index (χ4n) is 1.45. The van der Waals surface area contributed by atoms with Crippen molar-refractivity contribution >= 4 is 11.9 Å². The molecule has 1 amide bonds. The Morgan fingerprint density at radius 1 is 1.59 bits per heavy atom. The molecule has 2 N–H and O–H groups in total. The SMILES string of the molecule is CC(C)(C)OC(=O)[C@H](O)[C@@]1(C)OCCNC1=O. The van der Waals surface area contributed by atoms with E-state index in [0.717, 1.165) is 0 Å². The van der Waals surface area contributed by atoms with Crippen LogP contribution in [0.1, 0.15) is 27.7 Å². The number of esters is 1. The van der Waals surface area contributed by atoms with Gasteiger partial charge in [-0.1, -0.05) is 0 Å². The van der Waals surface area contributed by atoms with Crippen molar-refractivity contribution in [1.29, 1.82) is 0 Å². The molecule has 1 rings (SSSR count). The lowest BCUT2D eigenvalue weighted by molar-refractivity contribution is -0.193. The Morgan fingerprint density at radius 2 is 2.18 bits per heavy atom. The van der Waals surface area contributed by atoms with E-state index in [1.165, 1.54) is 6.92 Å². The van der Waals surface area contributed by atoms with Crippen LogP contribution in [0.25, 0.3) is 0 Å². The van der Waals surface area contributed by atoms with Gasteiger partial charge >= 0.3 is 5.97 Å². The molecule has 1 aliphatic heterocycles. The van der Waals surface area contributed by atoms with Crippen LogP contribution in [0.4, 0.5) is 0 Å². The van der Waals surface area contributed by atoms with E-state index in [1.807, 2.05) is 0 Å². The van der Waals surface area contributed by atoms with E-state index in [4.69, 9.17) is 9.47 Å². The summed E-state index contributed by atoms with van der Waals surface area (Å²) in [6.45, 7) is 7.04. The van der Waals surface area contributed by atoms with E-state index in [0.29, 0.717) is 6.54 Å². The number of aliphatic hydroxyl groups is 1. The summed E-state index contributed by atoms with van der Waals surface area (Å²) in [4.78, 5) is 23.3. The number of hydrogen-bond donors (Lipinski definition) is 2. The average molecular weight is 245 g/mol. The highest BCUT2D eigenvalue weighted by atomic mass is 16.6. The molecule has 0 bridgehead atoms. The molecule has 0 aromatic heterocycles. The van der Waals surface area contributed by atoms with Crippen molar-refractivity contribution in [1.82, 2.24) is 5.32 Å². The molecule has 0 aromatic carbocycles. The Hall–Kier alpha value is -1.14. The van der Waals surface area contributed by atoms with Crippen LogP contribution < -0.4 is 5.32 Å². The van der Waals surface area contributed by atoms with Gasteiger partial charge in [0.05, 0.1) is 6.61 Å². The highest BCUT2D eigenvalue weighted by Gasteiger charge is 2.48. The molecule has 0 unspecified atom stereocenters. The highest BCUT2D eigenvalue weighted by Crippen LogP contribution is 2.21. The number of amides is 1. The molecule has 1 aliphatic rings. The lowest BCUT2D eigenvalue weighted by atomic mass is 9.96. The minimum Gasteiger partial charge on any atom is -0.458 e. The lowest BCUT2D eigenvalue weighted by Crippen LogP contribution is -2.62. The Balaban J connectivity index is 2.77. The monoisotopic (exact) mass is 245 g/mol. The number of ether oxygens (including phenoxy) is 2. The summed E-state index contributed by atoms with van der Waals surface area (Å²) in [6, 6.07) is 0. The van der Waals surface area contributed by atoms with Gasteiger partial charge in [-0.05, 0) is 27.7 Å². The van der Waals surface area contributed by atoms with E-state index < -0.39 is 29.2 Å². The van der Waals surface area contributed by atoms with E-state index in [-0.39, 0.29) is 6.61 Å². The largest absolute Gasteiger partial charge is 0.458 e. The number of hydrogen-bond acceptors (Lipinski definition) is 5.